The highest BCUT2D eigenvalue weighted by atomic mass is 19.4. The average molecular weight is 523 g/mol. The fraction of sp³-hybridized carbons (Fsp3) is 0.720. The lowest BCUT2D eigenvalue weighted by molar-refractivity contribution is -0.143. The van der Waals surface area contributed by atoms with E-state index in [4.69, 9.17) is 9.47 Å². The second-order valence-corrected chi connectivity index (χ2v) is 10.4. The number of hydrogen-bond donors (Lipinski definition) is 1. The first kappa shape index (κ1) is 27.2. The van der Waals surface area contributed by atoms with Crippen molar-refractivity contribution in [3.8, 4) is 0 Å². The maximum absolute atomic E-state index is 13.4. The van der Waals surface area contributed by atoms with E-state index in [0.717, 1.165) is 25.8 Å². The molecule has 1 saturated carbocycles. The van der Waals surface area contributed by atoms with Gasteiger partial charge in [0, 0.05) is 39.3 Å². The van der Waals surface area contributed by atoms with Crippen molar-refractivity contribution >= 4 is 5.91 Å². The number of carbonyl (C=O) groups is 1. The van der Waals surface area contributed by atoms with Gasteiger partial charge in [0.25, 0.3) is 0 Å². The zero-order chi connectivity index (χ0) is 26.1. The Morgan fingerprint density at radius 3 is 2.36 bits per heavy atom. The Hall–Kier alpha value is -1.85. The van der Waals surface area contributed by atoms with E-state index in [-0.39, 0.29) is 29.6 Å². The summed E-state index contributed by atoms with van der Waals surface area (Å²) in [5.41, 5.74) is -3.70. The first-order chi connectivity index (χ1) is 16.9. The Bertz CT molecular complexity index is 901. The Kier molecular flexibility index (Phi) is 7.92. The third kappa shape index (κ3) is 6.52. The minimum atomic E-state index is -4.93. The molecule has 0 radical (unpaired) electrons. The predicted molar refractivity (Wildman–Crippen MR) is 119 cm³/mol. The molecule has 36 heavy (non-hydrogen) atoms. The molecule has 2 heterocycles. The van der Waals surface area contributed by atoms with Crippen LogP contribution in [-0.2, 0) is 33.2 Å². The molecule has 0 bridgehead atoms. The molecule has 0 aromatic heterocycles. The summed E-state index contributed by atoms with van der Waals surface area (Å²) in [4.78, 5) is 15.6. The molecule has 1 aromatic carbocycles. The number of hydrogen-bond acceptors (Lipinski definition) is 4. The second-order valence-electron chi connectivity index (χ2n) is 10.4. The molecule has 1 N–H and O–H groups in total. The number of alkyl halides is 6. The molecule has 3 unspecified atom stereocenters. The van der Waals surface area contributed by atoms with Crippen molar-refractivity contribution < 1.29 is 40.6 Å². The fourth-order valence-corrected chi connectivity index (χ4v) is 5.48. The molecular formula is C25H32F6N2O3. The number of amides is 1. The Morgan fingerprint density at radius 1 is 1.11 bits per heavy atom. The lowest BCUT2D eigenvalue weighted by atomic mass is 9.80. The molecular weight excluding hydrogens is 490 g/mol. The lowest BCUT2D eigenvalue weighted by Crippen LogP contribution is -2.45. The van der Waals surface area contributed by atoms with Crippen molar-refractivity contribution in [2.45, 2.75) is 57.1 Å². The van der Waals surface area contributed by atoms with E-state index in [2.05, 4.69) is 10.2 Å². The van der Waals surface area contributed by atoms with Gasteiger partial charge in [0.05, 0.1) is 29.3 Å². The van der Waals surface area contributed by atoms with Crippen molar-refractivity contribution in [1.82, 2.24) is 10.2 Å². The van der Waals surface area contributed by atoms with E-state index in [0.29, 0.717) is 57.2 Å². The molecule has 1 aromatic rings. The number of likely N-dealkylation sites (tertiary alicyclic amines) is 1. The highest BCUT2D eigenvalue weighted by Gasteiger charge is 2.48. The lowest BCUT2D eigenvalue weighted by Gasteiger charge is -2.34. The van der Waals surface area contributed by atoms with Gasteiger partial charge in [0.15, 0.2) is 0 Å². The molecule has 3 aliphatic rings. The number of halogens is 6. The summed E-state index contributed by atoms with van der Waals surface area (Å²) in [6.07, 6.45) is -5.68. The van der Waals surface area contributed by atoms with Gasteiger partial charge in [-0.2, -0.15) is 26.3 Å². The SMILES string of the molecule is COC1COCCC1CN1CCC(CC2CC2)(C(=O)NCc2cc(C(F)(F)F)cc(C(F)(F)F)c2)C1. The summed E-state index contributed by atoms with van der Waals surface area (Å²) in [5, 5.41) is 2.67. The van der Waals surface area contributed by atoms with Crippen LogP contribution in [0, 0.1) is 17.3 Å². The van der Waals surface area contributed by atoms with Crippen molar-refractivity contribution in [2.75, 3.05) is 40.0 Å². The van der Waals surface area contributed by atoms with Crippen LogP contribution in [0.5, 0.6) is 0 Å². The van der Waals surface area contributed by atoms with Crippen LogP contribution >= 0.6 is 0 Å². The maximum atomic E-state index is 13.4. The number of nitrogens with zero attached hydrogens (tertiary/aromatic N) is 1. The Labute approximate surface area is 206 Å². The topological polar surface area (TPSA) is 50.8 Å². The van der Waals surface area contributed by atoms with Gasteiger partial charge in [0.2, 0.25) is 5.91 Å². The van der Waals surface area contributed by atoms with Crippen molar-refractivity contribution in [3.05, 3.63) is 34.9 Å². The van der Waals surface area contributed by atoms with Gasteiger partial charge in [-0.05, 0) is 55.5 Å². The Morgan fingerprint density at radius 2 is 1.78 bits per heavy atom. The van der Waals surface area contributed by atoms with Crippen LogP contribution in [0.2, 0.25) is 0 Å². The van der Waals surface area contributed by atoms with Crippen LogP contribution < -0.4 is 5.32 Å². The third-order valence-corrected chi connectivity index (χ3v) is 7.63. The molecule has 202 valence electrons. The minimum Gasteiger partial charge on any atom is -0.379 e. The van der Waals surface area contributed by atoms with E-state index in [1.54, 1.807) is 7.11 Å². The van der Waals surface area contributed by atoms with E-state index in [1.807, 2.05) is 0 Å². The molecule has 2 aliphatic heterocycles. The molecule has 1 amide bonds. The fourth-order valence-electron chi connectivity index (χ4n) is 5.48. The van der Waals surface area contributed by atoms with Gasteiger partial charge < -0.3 is 19.7 Å². The van der Waals surface area contributed by atoms with Crippen molar-refractivity contribution in [2.24, 2.45) is 17.3 Å². The predicted octanol–water partition coefficient (Wildman–Crippen LogP) is 4.88. The van der Waals surface area contributed by atoms with E-state index in [9.17, 15) is 31.1 Å². The first-order valence-electron chi connectivity index (χ1n) is 12.3. The quantitative estimate of drug-likeness (QED) is 0.495. The van der Waals surface area contributed by atoms with Gasteiger partial charge in [0.1, 0.15) is 0 Å². The van der Waals surface area contributed by atoms with Gasteiger partial charge in [-0.25, -0.2) is 0 Å². The van der Waals surface area contributed by atoms with Crippen molar-refractivity contribution in [3.63, 3.8) is 0 Å². The van der Waals surface area contributed by atoms with Crippen LogP contribution in [0.4, 0.5) is 26.3 Å². The summed E-state index contributed by atoms with van der Waals surface area (Å²) in [7, 11) is 1.65. The smallest absolute Gasteiger partial charge is 0.379 e. The van der Waals surface area contributed by atoms with Crippen molar-refractivity contribution in [1.29, 1.82) is 0 Å². The number of carbonyl (C=O) groups excluding carboxylic acids is 1. The van der Waals surface area contributed by atoms with E-state index < -0.39 is 35.4 Å². The zero-order valence-corrected chi connectivity index (χ0v) is 20.2. The Balaban J connectivity index is 1.46. The average Bonchev–Trinajstić information content (AvgIpc) is 3.54. The summed E-state index contributed by atoms with van der Waals surface area (Å²) in [6, 6.07) is 1.43. The summed E-state index contributed by atoms with van der Waals surface area (Å²) < 4.78 is 90.3. The van der Waals surface area contributed by atoms with Gasteiger partial charge >= 0.3 is 12.4 Å². The normalized spacial score (nSPS) is 27.9. The summed E-state index contributed by atoms with van der Waals surface area (Å²) in [6.45, 7) is 2.76. The molecule has 4 rings (SSSR count). The standard InChI is InChI=1S/C25H32F6N2O3/c1-35-21-14-36-7-4-18(21)13-33-6-5-23(15-33,11-16-2-3-16)22(34)32-12-17-8-19(24(26,27)28)10-20(9-17)25(29,30)31/h8-10,16,18,21H,2-7,11-15H2,1H3,(H,32,34). The highest BCUT2D eigenvalue weighted by molar-refractivity contribution is 5.83. The monoisotopic (exact) mass is 522 g/mol. The summed E-state index contributed by atoms with van der Waals surface area (Å²) in [5.74, 6) is 0.392. The largest absolute Gasteiger partial charge is 0.416 e. The molecule has 1 aliphatic carbocycles. The minimum absolute atomic E-state index is 0.0188. The van der Waals surface area contributed by atoms with Gasteiger partial charge in [-0.15, -0.1) is 0 Å². The molecule has 3 fully saturated rings. The number of rotatable bonds is 8. The van der Waals surface area contributed by atoms with Gasteiger partial charge in [-0.1, -0.05) is 12.8 Å². The van der Waals surface area contributed by atoms with Gasteiger partial charge in [-0.3, -0.25) is 4.79 Å². The van der Waals surface area contributed by atoms with Crippen LogP contribution in [0.15, 0.2) is 18.2 Å². The van der Waals surface area contributed by atoms with E-state index in [1.165, 1.54) is 0 Å². The third-order valence-electron chi connectivity index (χ3n) is 7.63. The number of ether oxygens (including phenoxy) is 2. The van der Waals surface area contributed by atoms with Crippen LogP contribution in [0.3, 0.4) is 0 Å². The maximum Gasteiger partial charge on any atom is 0.416 e. The van der Waals surface area contributed by atoms with Crippen LogP contribution in [0.25, 0.3) is 0 Å². The highest BCUT2D eigenvalue weighted by Crippen LogP contribution is 2.46. The number of benzene rings is 1. The van der Waals surface area contributed by atoms with Crippen LogP contribution in [0.1, 0.15) is 48.8 Å². The molecule has 2 saturated heterocycles. The molecule has 0 spiro atoms. The second kappa shape index (κ2) is 10.5. The van der Waals surface area contributed by atoms with E-state index >= 15 is 0 Å². The molecule has 3 atom stereocenters. The zero-order valence-electron chi connectivity index (χ0n) is 20.2. The summed E-state index contributed by atoms with van der Waals surface area (Å²) >= 11 is 0. The number of methoxy groups -OCH3 is 1. The first-order valence-corrected chi connectivity index (χ1v) is 12.3. The molecule has 5 nitrogen and oxygen atoms in total. The van der Waals surface area contributed by atoms with Crippen LogP contribution in [-0.4, -0.2) is 56.9 Å². The number of nitrogens with one attached hydrogen (secondary N) is 1. The molecule has 11 heteroatoms.